The standard InChI is InChI=1S/C18H19F3N6O2.2H2/c19-18(20,21)11-5-7-12(8-6-11)25-15-4-2-1-3-14(15)16(22)26-27(23)10-13-9-24-17(28)29-13;;/h1-8,13,25H,9-10,23H2,(H2,22,26)(H,24,28);2*1H. The second-order valence-corrected chi connectivity index (χ2v) is 6.26. The van der Waals surface area contributed by atoms with Crippen LogP contribution in [0.4, 0.5) is 29.3 Å². The number of hydrogen-bond acceptors (Lipinski definition) is 6. The van der Waals surface area contributed by atoms with Gasteiger partial charge in [-0.25, -0.2) is 15.8 Å². The van der Waals surface area contributed by atoms with E-state index in [4.69, 9.17) is 16.3 Å². The monoisotopic (exact) mass is 412 g/mol. The second kappa shape index (κ2) is 8.27. The average molecular weight is 412 g/mol. The highest BCUT2D eigenvalue weighted by Gasteiger charge is 2.30. The summed E-state index contributed by atoms with van der Waals surface area (Å²) in [6.07, 6.45) is -5.38. The number of para-hydroxylation sites is 1. The molecule has 1 saturated heterocycles. The highest BCUT2D eigenvalue weighted by atomic mass is 19.4. The van der Waals surface area contributed by atoms with Crippen LogP contribution < -0.4 is 22.2 Å². The number of rotatable bonds is 6. The molecule has 11 heteroatoms. The first-order valence-electron chi connectivity index (χ1n) is 8.57. The fraction of sp³-hybridized carbons (Fsp3) is 0.222. The van der Waals surface area contributed by atoms with E-state index in [1.165, 1.54) is 12.1 Å². The van der Waals surface area contributed by atoms with Gasteiger partial charge in [0.2, 0.25) is 0 Å². The smallest absolute Gasteiger partial charge is 0.416 e. The maximum atomic E-state index is 12.7. The molecular weight excluding hydrogens is 389 g/mol. The fourth-order valence-electron chi connectivity index (χ4n) is 2.69. The molecule has 1 aliphatic rings. The van der Waals surface area contributed by atoms with Crippen molar-refractivity contribution in [3.05, 3.63) is 59.7 Å². The van der Waals surface area contributed by atoms with E-state index >= 15 is 0 Å². The Balaban J connectivity index is 0.00000240. The van der Waals surface area contributed by atoms with E-state index in [9.17, 15) is 18.0 Å². The van der Waals surface area contributed by atoms with E-state index in [0.29, 0.717) is 23.5 Å². The van der Waals surface area contributed by atoms with Crippen molar-refractivity contribution in [3.8, 4) is 0 Å². The van der Waals surface area contributed by atoms with E-state index in [-0.39, 0.29) is 15.2 Å². The zero-order chi connectivity index (χ0) is 21.0. The normalized spacial score (nSPS) is 16.9. The molecule has 0 spiro atoms. The third kappa shape index (κ3) is 5.29. The minimum absolute atomic E-state index is 0. The number of benzene rings is 2. The molecule has 0 bridgehead atoms. The van der Waals surface area contributed by atoms with Crippen LogP contribution in [0.3, 0.4) is 0 Å². The maximum absolute atomic E-state index is 12.7. The number of carbonyl (C=O) groups is 1. The Hall–Kier alpha value is -3.47. The Labute approximate surface area is 167 Å². The number of hydrazone groups is 1. The largest absolute Gasteiger partial charge is 0.442 e. The lowest BCUT2D eigenvalue weighted by atomic mass is 10.1. The molecule has 0 radical (unpaired) electrons. The second-order valence-electron chi connectivity index (χ2n) is 6.26. The van der Waals surface area contributed by atoms with Crippen molar-refractivity contribution < 1.29 is 25.6 Å². The van der Waals surface area contributed by atoms with Crippen molar-refractivity contribution in [2.75, 3.05) is 18.4 Å². The first-order valence-corrected chi connectivity index (χ1v) is 8.57. The zero-order valence-electron chi connectivity index (χ0n) is 15.1. The highest BCUT2D eigenvalue weighted by molar-refractivity contribution is 6.02. The van der Waals surface area contributed by atoms with Crippen LogP contribution in [-0.4, -0.2) is 36.2 Å². The van der Waals surface area contributed by atoms with Gasteiger partial charge in [-0.3, -0.25) is 0 Å². The topological polar surface area (TPSA) is 118 Å². The molecule has 0 aliphatic carbocycles. The summed E-state index contributed by atoms with van der Waals surface area (Å²) in [5.74, 6) is 5.90. The molecule has 1 unspecified atom stereocenters. The first kappa shape index (κ1) is 20.3. The number of hydrazine groups is 1. The molecule has 6 N–H and O–H groups in total. The molecule has 1 atom stereocenters. The zero-order valence-corrected chi connectivity index (χ0v) is 15.1. The van der Waals surface area contributed by atoms with Crippen LogP contribution in [0.5, 0.6) is 0 Å². The molecule has 2 aromatic rings. The van der Waals surface area contributed by atoms with Gasteiger partial charge < -0.3 is 21.1 Å². The van der Waals surface area contributed by atoms with Gasteiger partial charge in [-0.05, 0) is 36.4 Å². The molecule has 0 aromatic heterocycles. The number of hydrogen-bond donors (Lipinski definition) is 4. The Morgan fingerprint density at radius 1 is 1.28 bits per heavy atom. The van der Waals surface area contributed by atoms with E-state index < -0.39 is 23.9 Å². The molecule has 2 aromatic carbocycles. The molecule has 1 fully saturated rings. The van der Waals surface area contributed by atoms with Crippen molar-refractivity contribution in [1.82, 2.24) is 10.4 Å². The quantitative estimate of drug-likeness (QED) is 0.251. The van der Waals surface area contributed by atoms with Crippen LogP contribution in [0.1, 0.15) is 14.0 Å². The van der Waals surface area contributed by atoms with Gasteiger partial charge in [-0.2, -0.15) is 13.2 Å². The molecule has 0 saturated carbocycles. The van der Waals surface area contributed by atoms with Crippen molar-refractivity contribution in [2.24, 2.45) is 16.7 Å². The average Bonchev–Trinajstić information content (AvgIpc) is 3.06. The number of cyclic esters (lactones) is 1. The molecule has 29 heavy (non-hydrogen) atoms. The van der Waals surface area contributed by atoms with Gasteiger partial charge >= 0.3 is 12.3 Å². The minimum atomic E-state index is -4.40. The first-order chi connectivity index (χ1) is 13.7. The van der Waals surface area contributed by atoms with Crippen LogP contribution in [0.15, 0.2) is 53.6 Å². The summed E-state index contributed by atoms with van der Waals surface area (Å²) in [6, 6.07) is 11.5. The number of nitrogens with one attached hydrogen (secondary N) is 2. The van der Waals surface area contributed by atoms with Crippen LogP contribution in [0.2, 0.25) is 0 Å². The summed E-state index contributed by atoms with van der Waals surface area (Å²) in [6.45, 7) is 0.446. The number of alkyl halides is 3. The number of anilines is 2. The number of amides is 1. The number of nitrogens with two attached hydrogens (primary N) is 2. The predicted octanol–water partition coefficient (Wildman–Crippen LogP) is 2.85. The number of amidine groups is 1. The summed E-state index contributed by atoms with van der Waals surface area (Å²) in [5, 5.41) is 10.7. The summed E-state index contributed by atoms with van der Waals surface area (Å²) in [5.41, 5.74) is 6.80. The van der Waals surface area contributed by atoms with Crippen molar-refractivity contribution >= 4 is 23.3 Å². The fourth-order valence-corrected chi connectivity index (χ4v) is 2.69. The van der Waals surface area contributed by atoms with Gasteiger partial charge in [-0.1, -0.05) is 12.1 Å². The van der Waals surface area contributed by atoms with Gasteiger partial charge in [0.1, 0.15) is 6.10 Å². The summed E-state index contributed by atoms with van der Waals surface area (Å²) in [7, 11) is 0. The molecular formula is C18H23F3N6O2. The van der Waals surface area contributed by atoms with Crippen LogP contribution in [0, 0.1) is 0 Å². The molecule has 1 aliphatic heterocycles. The lowest BCUT2D eigenvalue weighted by Crippen LogP contribution is -2.37. The molecule has 158 valence electrons. The van der Waals surface area contributed by atoms with E-state index in [0.717, 1.165) is 17.3 Å². The van der Waals surface area contributed by atoms with E-state index in [1.54, 1.807) is 24.3 Å². The van der Waals surface area contributed by atoms with E-state index in [1.807, 2.05) is 0 Å². The number of halogens is 3. The Bertz CT molecular complexity index is 912. The molecule has 1 heterocycles. The predicted molar refractivity (Wildman–Crippen MR) is 105 cm³/mol. The third-order valence-corrected chi connectivity index (χ3v) is 4.07. The SMILES string of the molecule is N/C(=N\N(N)CC1CNC(=O)O1)c1ccccc1Nc1ccc(C(F)(F)F)cc1.[HH].[HH]. The van der Waals surface area contributed by atoms with E-state index in [2.05, 4.69) is 15.7 Å². The molecule has 8 nitrogen and oxygen atoms in total. The number of carbonyl (C=O) groups excluding carboxylic acids is 1. The number of nitrogens with zero attached hydrogens (tertiary/aromatic N) is 2. The highest BCUT2D eigenvalue weighted by Crippen LogP contribution is 2.30. The van der Waals surface area contributed by atoms with Crippen molar-refractivity contribution in [3.63, 3.8) is 0 Å². The van der Waals surface area contributed by atoms with Crippen LogP contribution in [-0.2, 0) is 10.9 Å². The van der Waals surface area contributed by atoms with Gasteiger partial charge in [-0.15, -0.1) is 5.10 Å². The van der Waals surface area contributed by atoms with Gasteiger partial charge in [0.25, 0.3) is 0 Å². The maximum Gasteiger partial charge on any atom is 0.416 e. The van der Waals surface area contributed by atoms with Crippen LogP contribution in [0.25, 0.3) is 0 Å². The van der Waals surface area contributed by atoms with Crippen molar-refractivity contribution in [1.29, 1.82) is 0 Å². The van der Waals surface area contributed by atoms with Gasteiger partial charge in [0.05, 0.1) is 18.7 Å². The summed E-state index contributed by atoms with van der Waals surface area (Å²) in [4.78, 5) is 11.0. The lowest BCUT2D eigenvalue weighted by molar-refractivity contribution is -0.137. The number of alkyl carbamates (subject to hydrolysis) is 1. The summed E-state index contributed by atoms with van der Waals surface area (Å²) < 4.78 is 43.1. The van der Waals surface area contributed by atoms with Crippen molar-refractivity contribution in [2.45, 2.75) is 12.3 Å². The minimum Gasteiger partial charge on any atom is -0.442 e. The Morgan fingerprint density at radius 3 is 2.59 bits per heavy atom. The Morgan fingerprint density at radius 2 is 1.97 bits per heavy atom. The Kier molecular flexibility index (Phi) is 5.78. The van der Waals surface area contributed by atoms with Gasteiger partial charge in [0, 0.05) is 19.8 Å². The third-order valence-electron chi connectivity index (χ3n) is 4.07. The summed E-state index contributed by atoms with van der Waals surface area (Å²) >= 11 is 0. The lowest BCUT2D eigenvalue weighted by Gasteiger charge is -2.18. The molecule has 3 rings (SSSR count). The number of ether oxygens (including phenoxy) is 1. The van der Waals surface area contributed by atoms with Gasteiger partial charge in [0.15, 0.2) is 5.84 Å². The molecule has 1 amide bonds. The van der Waals surface area contributed by atoms with Crippen LogP contribution >= 0.6 is 0 Å².